The van der Waals surface area contributed by atoms with Gasteiger partial charge >= 0.3 is 6.09 Å². The smallest absolute Gasteiger partial charge is 0.407 e. The molecule has 0 saturated carbocycles. The molecule has 0 aliphatic carbocycles. The van der Waals surface area contributed by atoms with Crippen LogP contribution in [0.15, 0.2) is 18.2 Å². The lowest BCUT2D eigenvalue weighted by Gasteiger charge is -2.23. The van der Waals surface area contributed by atoms with Gasteiger partial charge in [0.05, 0.1) is 7.11 Å². The average Bonchev–Trinajstić information content (AvgIpc) is 2.42. The molecule has 124 valence electrons. The Morgan fingerprint density at radius 1 is 1.36 bits per heavy atom. The molecule has 0 aliphatic rings. The maximum atomic E-state index is 13.1. The van der Waals surface area contributed by atoms with Crippen LogP contribution in [0.2, 0.25) is 0 Å². The number of hydrogen-bond acceptors (Lipinski definition) is 5. The topological polar surface area (TPSA) is 88.0 Å². The Hall–Kier alpha value is -1.86. The number of nitrogens with one attached hydrogen (secondary N) is 1. The van der Waals surface area contributed by atoms with E-state index in [1.165, 1.54) is 13.2 Å². The average molecular weight is 315 g/mol. The Morgan fingerprint density at radius 3 is 2.55 bits per heavy atom. The third kappa shape index (κ3) is 5.50. The highest BCUT2D eigenvalue weighted by molar-refractivity contribution is 5.67. The number of carbonyl (C=O) groups is 1. The Labute approximate surface area is 128 Å². The van der Waals surface area contributed by atoms with E-state index in [2.05, 4.69) is 5.32 Å². The molecule has 0 fully saturated rings. The summed E-state index contributed by atoms with van der Waals surface area (Å²) in [6.07, 6.45) is -3.35. The van der Waals surface area contributed by atoms with Crippen LogP contribution in [0.4, 0.5) is 9.18 Å². The van der Waals surface area contributed by atoms with Gasteiger partial charge in [-0.25, -0.2) is 9.18 Å². The summed E-state index contributed by atoms with van der Waals surface area (Å²) in [6, 6.07) is 3.57. The van der Waals surface area contributed by atoms with Gasteiger partial charge in [0.25, 0.3) is 0 Å². The first-order valence-corrected chi connectivity index (χ1v) is 6.80. The molecule has 1 amide bonds. The number of carbonyl (C=O) groups excluding carboxylic acids is 1. The first-order valence-electron chi connectivity index (χ1n) is 6.80. The maximum absolute atomic E-state index is 13.1. The van der Waals surface area contributed by atoms with Crippen molar-refractivity contribution in [2.24, 2.45) is 0 Å². The number of ether oxygens (including phenoxy) is 2. The molecule has 1 aromatic carbocycles. The summed E-state index contributed by atoms with van der Waals surface area (Å²) in [7, 11) is 1.33. The molecule has 2 atom stereocenters. The van der Waals surface area contributed by atoms with Crippen molar-refractivity contribution in [1.82, 2.24) is 5.32 Å². The quantitative estimate of drug-likeness (QED) is 0.770. The van der Waals surface area contributed by atoms with Crippen LogP contribution in [0, 0.1) is 5.82 Å². The normalized spacial score (nSPS) is 14.1. The predicted octanol–water partition coefficient (Wildman–Crippen LogP) is 1.75. The van der Waals surface area contributed by atoms with Gasteiger partial charge in [-0.15, -0.1) is 0 Å². The molecule has 0 bridgehead atoms. The first-order chi connectivity index (χ1) is 10.1. The molecule has 0 radical (unpaired) electrons. The standard InChI is InChI=1S/C15H22FNO5/c1-15(2,3)22-14(20)17-8-11(18)13(19)10-6-5-9(16)7-12(10)21-4/h5-7,11,13,18-19H,8H2,1-4H3,(H,17,20). The number of aliphatic hydroxyl groups excluding tert-OH is 2. The van der Waals surface area contributed by atoms with E-state index in [9.17, 15) is 19.4 Å². The fourth-order valence-electron chi connectivity index (χ4n) is 1.75. The zero-order chi connectivity index (χ0) is 16.9. The van der Waals surface area contributed by atoms with Gasteiger partial charge in [-0.2, -0.15) is 0 Å². The van der Waals surface area contributed by atoms with Crippen molar-refractivity contribution in [2.45, 2.75) is 38.6 Å². The summed E-state index contributed by atoms with van der Waals surface area (Å²) < 4.78 is 23.1. The van der Waals surface area contributed by atoms with Gasteiger partial charge in [-0.1, -0.05) is 0 Å². The van der Waals surface area contributed by atoms with Crippen LogP contribution >= 0.6 is 0 Å². The second-order valence-electron chi connectivity index (χ2n) is 5.78. The van der Waals surface area contributed by atoms with E-state index < -0.39 is 29.7 Å². The Kier molecular flexibility index (Phi) is 6.13. The van der Waals surface area contributed by atoms with Crippen molar-refractivity contribution in [1.29, 1.82) is 0 Å². The third-order valence-corrected chi connectivity index (χ3v) is 2.73. The van der Waals surface area contributed by atoms with Crippen molar-refractivity contribution in [3.63, 3.8) is 0 Å². The highest BCUT2D eigenvalue weighted by atomic mass is 19.1. The number of alkyl carbamates (subject to hydrolysis) is 1. The van der Waals surface area contributed by atoms with Crippen molar-refractivity contribution >= 4 is 6.09 Å². The fraction of sp³-hybridized carbons (Fsp3) is 0.533. The van der Waals surface area contributed by atoms with E-state index in [0.717, 1.165) is 12.1 Å². The number of aliphatic hydroxyl groups is 2. The van der Waals surface area contributed by atoms with Gasteiger partial charge in [0.15, 0.2) is 0 Å². The summed E-state index contributed by atoms with van der Waals surface area (Å²) in [5.41, 5.74) is -0.434. The molecule has 1 aromatic rings. The van der Waals surface area contributed by atoms with Gasteiger partial charge in [0.1, 0.15) is 29.4 Å². The second-order valence-corrected chi connectivity index (χ2v) is 5.78. The molecule has 3 N–H and O–H groups in total. The van der Waals surface area contributed by atoms with Gasteiger partial charge < -0.3 is 25.0 Å². The van der Waals surface area contributed by atoms with Crippen molar-refractivity contribution in [3.05, 3.63) is 29.6 Å². The van der Waals surface area contributed by atoms with E-state index in [0.29, 0.717) is 0 Å². The maximum Gasteiger partial charge on any atom is 0.407 e. The van der Waals surface area contributed by atoms with Gasteiger partial charge in [-0.05, 0) is 32.9 Å². The molecule has 0 aliphatic heterocycles. The van der Waals surface area contributed by atoms with Gasteiger partial charge in [0.2, 0.25) is 0 Å². The Balaban J connectivity index is 2.66. The van der Waals surface area contributed by atoms with Crippen LogP contribution < -0.4 is 10.1 Å². The van der Waals surface area contributed by atoms with E-state index in [1.54, 1.807) is 20.8 Å². The molecule has 0 heterocycles. The molecule has 0 aromatic heterocycles. The molecule has 6 nitrogen and oxygen atoms in total. The third-order valence-electron chi connectivity index (χ3n) is 2.73. The fourth-order valence-corrected chi connectivity index (χ4v) is 1.75. The number of amides is 1. The molecule has 7 heteroatoms. The molecular weight excluding hydrogens is 293 g/mol. The summed E-state index contributed by atoms with van der Waals surface area (Å²) in [4.78, 5) is 11.5. The van der Waals surface area contributed by atoms with Crippen molar-refractivity contribution < 1.29 is 28.9 Å². The van der Waals surface area contributed by atoms with Crippen LogP contribution in [0.25, 0.3) is 0 Å². The lowest BCUT2D eigenvalue weighted by atomic mass is 10.0. The molecule has 2 unspecified atom stereocenters. The Morgan fingerprint density at radius 2 is 2.00 bits per heavy atom. The molecular formula is C15H22FNO5. The zero-order valence-corrected chi connectivity index (χ0v) is 13.1. The number of halogens is 1. The lowest BCUT2D eigenvalue weighted by Crippen LogP contribution is -2.38. The van der Waals surface area contributed by atoms with E-state index >= 15 is 0 Å². The minimum absolute atomic E-state index is 0.115. The zero-order valence-electron chi connectivity index (χ0n) is 13.1. The van der Waals surface area contributed by atoms with Crippen LogP contribution in [0.5, 0.6) is 5.75 Å². The summed E-state index contributed by atoms with van der Waals surface area (Å²) in [5, 5.41) is 22.4. The van der Waals surface area contributed by atoms with Gasteiger partial charge in [-0.3, -0.25) is 0 Å². The summed E-state index contributed by atoms with van der Waals surface area (Å²) >= 11 is 0. The van der Waals surface area contributed by atoms with Crippen LogP contribution in [0.3, 0.4) is 0 Å². The van der Waals surface area contributed by atoms with Crippen molar-refractivity contribution in [3.8, 4) is 5.75 Å². The lowest BCUT2D eigenvalue weighted by molar-refractivity contribution is 0.0118. The minimum atomic E-state index is -1.34. The predicted molar refractivity (Wildman–Crippen MR) is 78.2 cm³/mol. The SMILES string of the molecule is COc1cc(F)ccc1C(O)C(O)CNC(=O)OC(C)(C)C. The summed E-state index contributed by atoms with van der Waals surface area (Å²) in [5.74, 6) is -0.405. The van der Waals surface area contributed by atoms with E-state index in [1.807, 2.05) is 0 Å². The van der Waals surface area contributed by atoms with Crippen LogP contribution in [-0.4, -0.2) is 41.7 Å². The van der Waals surface area contributed by atoms with E-state index in [4.69, 9.17) is 9.47 Å². The second kappa shape index (κ2) is 7.42. The van der Waals surface area contributed by atoms with Crippen LogP contribution in [-0.2, 0) is 4.74 Å². The Bertz CT molecular complexity index is 515. The number of methoxy groups -OCH3 is 1. The summed E-state index contributed by atoms with van der Waals surface area (Å²) in [6.45, 7) is 4.90. The highest BCUT2D eigenvalue weighted by Gasteiger charge is 2.24. The molecule has 1 rings (SSSR count). The molecule has 0 saturated heterocycles. The number of hydrogen-bond donors (Lipinski definition) is 3. The van der Waals surface area contributed by atoms with Crippen molar-refractivity contribution in [2.75, 3.05) is 13.7 Å². The van der Waals surface area contributed by atoms with Gasteiger partial charge in [0, 0.05) is 18.2 Å². The molecule has 22 heavy (non-hydrogen) atoms. The highest BCUT2D eigenvalue weighted by Crippen LogP contribution is 2.28. The number of benzene rings is 1. The number of rotatable bonds is 5. The van der Waals surface area contributed by atoms with E-state index in [-0.39, 0.29) is 17.9 Å². The monoisotopic (exact) mass is 315 g/mol. The largest absolute Gasteiger partial charge is 0.496 e. The van der Waals surface area contributed by atoms with Crippen LogP contribution in [0.1, 0.15) is 32.4 Å². The molecule has 0 spiro atoms. The minimum Gasteiger partial charge on any atom is -0.496 e. The first kappa shape index (κ1) is 18.2.